The van der Waals surface area contributed by atoms with Crippen molar-refractivity contribution in [1.82, 2.24) is 9.97 Å². The summed E-state index contributed by atoms with van der Waals surface area (Å²) in [7, 11) is 0. The topological polar surface area (TPSA) is 57.8 Å². The summed E-state index contributed by atoms with van der Waals surface area (Å²) >= 11 is 0. The number of H-pyrrole nitrogens is 1. The van der Waals surface area contributed by atoms with E-state index in [1.807, 2.05) is 6.92 Å². The maximum atomic E-state index is 11.3. The Balaban J connectivity index is 2.00. The number of nitrogens with zero attached hydrogens (tertiary/aromatic N) is 1. The Morgan fingerprint density at radius 1 is 1.67 bits per heavy atom. The molecule has 1 fully saturated rings. The van der Waals surface area contributed by atoms with Crippen LogP contribution in [0.3, 0.4) is 0 Å². The van der Waals surface area contributed by atoms with E-state index in [0.29, 0.717) is 5.82 Å². The van der Waals surface area contributed by atoms with Crippen LogP contribution in [0.4, 0.5) is 5.82 Å². The first-order valence-corrected chi connectivity index (χ1v) is 5.53. The summed E-state index contributed by atoms with van der Waals surface area (Å²) in [6.07, 6.45) is 2.04. The molecule has 0 saturated heterocycles. The normalized spacial score (nSPS) is 23.9. The van der Waals surface area contributed by atoms with E-state index >= 15 is 0 Å². The Morgan fingerprint density at radius 2 is 2.40 bits per heavy atom. The fourth-order valence-corrected chi connectivity index (χ4v) is 1.69. The molecule has 2 atom stereocenters. The lowest BCUT2D eigenvalue weighted by Gasteiger charge is -2.05. The third-order valence-electron chi connectivity index (χ3n) is 2.95. The second kappa shape index (κ2) is 4.04. The van der Waals surface area contributed by atoms with E-state index in [-0.39, 0.29) is 5.56 Å². The predicted octanol–water partition coefficient (Wildman–Crippen LogP) is 1.40. The Morgan fingerprint density at radius 3 is 3.00 bits per heavy atom. The Kier molecular flexibility index (Phi) is 2.75. The van der Waals surface area contributed by atoms with Crippen LogP contribution in [0.15, 0.2) is 10.9 Å². The molecule has 0 aliphatic heterocycles. The molecule has 2 rings (SSSR count). The molecule has 0 aromatic carbocycles. The van der Waals surface area contributed by atoms with Crippen LogP contribution in [0.2, 0.25) is 0 Å². The minimum atomic E-state index is -0.0757. The smallest absolute Gasteiger partial charge is 0.252 e. The number of nitrogens with one attached hydrogen (secondary N) is 2. The summed E-state index contributed by atoms with van der Waals surface area (Å²) in [6.45, 7) is 5.15. The first kappa shape index (κ1) is 10.2. The lowest BCUT2D eigenvalue weighted by atomic mass is 10.3. The number of rotatable bonds is 4. The highest BCUT2D eigenvalue weighted by molar-refractivity contribution is 5.33. The highest BCUT2D eigenvalue weighted by atomic mass is 16.1. The van der Waals surface area contributed by atoms with Gasteiger partial charge in [0.1, 0.15) is 11.6 Å². The molecule has 2 unspecified atom stereocenters. The van der Waals surface area contributed by atoms with E-state index < -0.39 is 0 Å². The number of aromatic amines is 1. The lowest BCUT2D eigenvalue weighted by molar-refractivity contribution is 0.781. The number of aryl methyl sites for hydroxylation is 1. The fraction of sp³-hybridized carbons (Fsp3) is 0.636. The van der Waals surface area contributed by atoms with Crippen LogP contribution >= 0.6 is 0 Å². The average molecular weight is 207 g/mol. The maximum Gasteiger partial charge on any atom is 0.252 e. The minimum absolute atomic E-state index is 0.0757. The van der Waals surface area contributed by atoms with Gasteiger partial charge in [0.25, 0.3) is 5.56 Å². The van der Waals surface area contributed by atoms with Crippen molar-refractivity contribution >= 4 is 5.82 Å². The number of hydrogen-bond acceptors (Lipinski definition) is 3. The zero-order valence-corrected chi connectivity index (χ0v) is 9.21. The van der Waals surface area contributed by atoms with Crippen molar-refractivity contribution < 1.29 is 0 Å². The Bertz CT molecular complexity index is 399. The van der Waals surface area contributed by atoms with Gasteiger partial charge in [-0.2, -0.15) is 0 Å². The van der Waals surface area contributed by atoms with Gasteiger partial charge < -0.3 is 10.3 Å². The van der Waals surface area contributed by atoms with Gasteiger partial charge in [0.15, 0.2) is 0 Å². The van der Waals surface area contributed by atoms with Gasteiger partial charge in [-0.25, -0.2) is 4.98 Å². The molecule has 82 valence electrons. The SMILES string of the molecule is CCc1nc(NCC2CC2C)cc(=O)[nH]1. The zero-order valence-electron chi connectivity index (χ0n) is 9.21. The summed E-state index contributed by atoms with van der Waals surface area (Å²) in [4.78, 5) is 18.3. The van der Waals surface area contributed by atoms with Gasteiger partial charge in [0, 0.05) is 19.0 Å². The molecule has 0 radical (unpaired) electrons. The molecule has 1 aromatic rings. The van der Waals surface area contributed by atoms with Crippen LogP contribution in [0.5, 0.6) is 0 Å². The molecule has 0 amide bonds. The summed E-state index contributed by atoms with van der Waals surface area (Å²) in [5, 5.41) is 3.22. The Hall–Kier alpha value is -1.32. The number of hydrogen-bond donors (Lipinski definition) is 2. The summed E-state index contributed by atoms with van der Waals surface area (Å²) < 4.78 is 0. The fourth-order valence-electron chi connectivity index (χ4n) is 1.69. The molecule has 1 aliphatic carbocycles. The van der Waals surface area contributed by atoms with E-state index in [2.05, 4.69) is 22.2 Å². The van der Waals surface area contributed by atoms with Gasteiger partial charge in [-0.1, -0.05) is 13.8 Å². The van der Waals surface area contributed by atoms with Crippen molar-refractivity contribution in [2.24, 2.45) is 11.8 Å². The molecule has 4 nitrogen and oxygen atoms in total. The van der Waals surface area contributed by atoms with E-state index in [1.165, 1.54) is 12.5 Å². The van der Waals surface area contributed by atoms with Crippen molar-refractivity contribution in [3.05, 3.63) is 22.2 Å². The summed E-state index contributed by atoms with van der Waals surface area (Å²) in [5.41, 5.74) is -0.0757. The lowest BCUT2D eigenvalue weighted by Crippen LogP contribution is -2.14. The third-order valence-corrected chi connectivity index (χ3v) is 2.95. The van der Waals surface area contributed by atoms with Crippen LogP contribution in [0.25, 0.3) is 0 Å². The van der Waals surface area contributed by atoms with Crippen LogP contribution < -0.4 is 10.9 Å². The standard InChI is InChI=1S/C11H17N3O/c1-3-9-13-10(5-11(15)14-9)12-6-8-4-7(8)2/h5,7-8H,3-4,6H2,1-2H3,(H2,12,13,14,15). The quantitative estimate of drug-likeness (QED) is 0.784. The number of aromatic nitrogens is 2. The highest BCUT2D eigenvalue weighted by Crippen LogP contribution is 2.37. The average Bonchev–Trinajstić information content (AvgIpc) is 2.91. The van der Waals surface area contributed by atoms with Gasteiger partial charge >= 0.3 is 0 Å². The second-order valence-electron chi connectivity index (χ2n) is 4.28. The molecule has 15 heavy (non-hydrogen) atoms. The zero-order chi connectivity index (χ0) is 10.8. The van der Waals surface area contributed by atoms with Crippen molar-refractivity contribution in [2.45, 2.75) is 26.7 Å². The predicted molar refractivity (Wildman–Crippen MR) is 60.0 cm³/mol. The highest BCUT2D eigenvalue weighted by Gasteiger charge is 2.31. The molecule has 0 bridgehead atoms. The van der Waals surface area contributed by atoms with E-state index in [0.717, 1.165) is 30.6 Å². The first-order chi connectivity index (χ1) is 7.19. The largest absolute Gasteiger partial charge is 0.370 e. The van der Waals surface area contributed by atoms with E-state index in [9.17, 15) is 4.79 Å². The molecular formula is C11H17N3O. The van der Waals surface area contributed by atoms with Gasteiger partial charge in [-0.3, -0.25) is 4.79 Å². The first-order valence-electron chi connectivity index (χ1n) is 5.53. The summed E-state index contributed by atoms with van der Waals surface area (Å²) in [5.74, 6) is 3.03. The van der Waals surface area contributed by atoms with Crippen molar-refractivity contribution in [3.63, 3.8) is 0 Å². The molecule has 1 aromatic heterocycles. The molecule has 2 N–H and O–H groups in total. The van der Waals surface area contributed by atoms with Gasteiger partial charge in [0.2, 0.25) is 0 Å². The van der Waals surface area contributed by atoms with Crippen molar-refractivity contribution in [3.8, 4) is 0 Å². The van der Waals surface area contributed by atoms with E-state index in [4.69, 9.17) is 0 Å². The molecule has 0 spiro atoms. The van der Waals surface area contributed by atoms with Gasteiger partial charge in [-0.15, -0.1) is 0 Å². The van der Waals surface area contributed by atoms with Crippen LogP contribution in [0, 0.1) is 11.8 Å². The molecule has 1 aliphatic rings. The minimum Gasteiger partial charge on any atom is -0.370 e. The molecular weight excluding hydrogens is 190 g/mol. The van der Waals surface area contributed by atoms with Crippen molar-refractivity contribution in [2.75, 3.05) is 11.9 Å². The van der Waals surface area contributed by atoms with Crippen molar-refractivity contribution in [1.29, 1.82) is 0 Å². The molecule has 4 heteroatoms. The van der Waals surface area contributed by atoms with Crippen LogP contribution in [-0.4, -0.2) is 16.5 Å². The van der Waals surface area contributed by atoms with Gasteiger partial charge in [0.05, 0.1) is 0 Å². The molecule has 1 heterocycles. The second-order valence-corrected chi connectivity index (χ2v) is 4.28. The molecule has 1 saturated carbocycles. The third kappa shape index (κ3) is 2.58. The Labute approximate surface area is 89.1 Å². The van der Waals surface area contributed by atoms with Gasteiger partial charge in [-0.05, 0) is 18.3 Å². The maximum absolute atomic E-state index is 11.3. The number of anilines is 1. The monoisotopic (exact) mass is 207 g/mol. The van der Waals surface area contributed by atoms with Crippen LogP contribution in [-0.2, 0) is 6.42 Å². The summed E-state index contributed by atoms with van der Waals surface area (Å²) in [6, 6.07) is 1.52. The van der Waals surface area contributed by atoms with Crippen LogP contribution in [0.1, 0.15) is 26.1 Å². The van der Waals surface area contributed by atoms with E-state index in [1.54, 1.807) is 0 Å².